The summed E-state index contributed by atoms with van der Waals surface area (Å²) in [7, 11) is 0. The lowest BCUT2D eigenvalue weighted by Crippen LogP contribution is -2.39. The Hall–Kier alpha value is -0.570. The molecule has 18 heavy (non-hydrogen) atoms. The highest BCUT2D eigenvalue weighted by Gasteiger charge is 2.31. The molecule has 0 aromatic heterocycles. The molecule has 1 aliphatic heterocycles. The summed E-state index contributed by atoms with van der Waals surface area (Å²) in [6.07, 6.45) is 3.59. The minimum Gasteiger partial charge on any atom is -0.324 e. The molecule has 1 aliphatic rings. The first-order valence-corrected chi connectivity index (χ1v) is 7.13. The first-order valence-electron chi connectivity index (χ1n) is 6.75. The normalized spacial score (nSPS) is 21.1. The van der Waals surface area contributed by atoms with Crippen molar-refractivity contribution in [2.24, 2.45) is 5.73 Å². The van der Waals surface area contributed by atoms with Gasteiger partial charge in [-0.05, 0) is 57.4 Å². The predicted molar refractivity (Wildman–Crippen MR) is 77.9 cm³/mol. The SMILES string of the molecule is CC1(C)CCCN1CCC(N)c1cccc(Cl)c1. The van der Waals surface area contributed by atoms with Crippen molar-refractivity contribution >= 4 is 11.6 Å². The van der Waals surface area contributed by atoms with Gasteiger partial charge in [0.25, 0.3) is 0 Å². The molecule has 0 amide bonds. The average Bonchev–Trinajstić information content (AvgIpc) is 2.65. The first-order chi connectivity index (χ1) is 8.49. The van der Waals surface area contributed by atoms with Crippen LogP contribution in [0.4, 0.5) is 0 Å². The van der Waals surface area contributed by atoms with E-state index in [1.54, 1.807) is 0 Å². The summed E-state index contributed by atoms with van der Waals surface area (Å²) in [6.45, 7) is 6.92. The van der Waals surface area contributed by atoms with Crippen LogP contribution in [0.3, 0.4) is 0 Å². The fraction of sp³-hybridized carbons (Fsp3) is 0.600. The van der Waals surface area contributed by atoms with Gasteiger partial charge in [0, 0.05) is 23.1 Å². The van der Waals surface area contributed by atoms with Crippen LogP contribution in [0.2, 0.25) is 5.02 Å². The number of nitrogens with zero attached hydrogens (tertiary/aromatic N) is 1. The van der Waals surface area contributed by atoms with Crippen molar-refractivity contribution in [3.63, 3.8) is 0 Å². The second-order valence-corrected chi connectivity index (χ2v) is 6.29. The molecule has 1 aromatic rings. The van der Waals surface area contributed by atoms with Crippen LogP contribution in [0, 0.1) is 0 Å². The molecule has 1 saturated heterocycles. The van der Waals surface area contributed by atoms with E-state index < -0.39 is 0 Å². The molecule has 1 aromatic carbocycles. The Labute approximate surface area is 115 Å². The lowest BCUT2D eigenvalue weighted by molar-refractivity contribution is 0.169. The molecule has 0 aliphatic carbocycles. The van der Waals surface area contributed by atoms with Crippen molar-refractivity contribution in [3.8, 4) is 0 Å². The van der Waals surface area contributed by atoms with Gasteiger partial charge in [0.05, 0.1) is 0 Å². The van der Waals surface area contributed by atoms with E-state index in [9.17, 15) is 0 Å². The number of benzene rings is 1. The summed E-state index contributed by atoms with van der Waals surface area (Å²) < 4.78 is 0. The van der Waals surface area contributed by atoms with E-state index in [1.807, 2.05) is 18.2 Å². The highest BCUT2D eigenvalue weighted by Crippen LogP contribution is 2.29. The lowest BCUT2D eigenvalue weighted by atomic mass is 10.0. The third-order valence-electron chi connectivity index (χ3n) is 4.06. The van der Waals surface area contributed by atoms with Gasteiger partial charge in [0.15, 0.2) is 0 Å². The monoisotopic (exact) mass is 266 g/mol. The highest BCUT2D eigenvalue weighted by molar-refractivity contribution is 6.30. The van der Waals surface area contributed by atoms with Crippen LogP contribution in [0.5, 0.6) is 0 Å². The molecule has 0 radical (unpaired) electrons. The Kier molecular flexibility index (Phi) is 4.31. The smallest absolute Gasteiger partial charge is 0.0409 e. The molecule has 0 saturated carbocycles. The molecular weight excluding hydrogens is 244 g/mol. The Balaban J connectivity index is 1.90. The molecule has 1 heterocycles. The summed E-state index contributed by atoms with van der Waals surface area (Å²) in [5, 5.41) is 0.768. The number of rotatable bonds is 4. The Morgan fingerprint density at radius 2 is 2.22 bits per heavy atom. The number of hydrogen-bond donors (Lipinski definition) is 1. The number of halogens is 1. The molecule has 2 rings (SSSR count). The summed E-state index contributed by atoms with van der Waals surface area (Å²) in [5.41, 5.74) is 7.73. The van der Waals surface area contributed by atoms with Gasteiger partial charge < -0.3 is 5.73 Å². The highest BCUT2D eigenvalue weighted by atomic mass is 35.5. The summed E-state index contributed by atoms with van der Waals surface area (Å²) in [6, 6.07) is 7.98. The zero-order valence-electron chi connectivity index (χ0n) is 11.3. The molecule has 1 fully saturated rings. The van der Waals surface area contributed by atoms with Crippen molar-refractivity contribution in [3.05, 3.63) is 34.9 Å². The molecule has 0 bridgehead atoms. The van der Waals surface area contributed by atoms with Gasteiger partial charge >= 0.3 is 0 Å². The maximum atomic E-state index is 6.25. The first kappa shape index (κ1) is 13.9. The van der Waals surface area contributed by atoms with Gasteiger partial charge in [0.2, 0.25) is 0 Å². The van der Waals surface area contributed by atoms with E-state index in [4.69, 9.17) is 17.3 Å². The predicted octanol–water partition coefficient (Wildman–Crippen LogP) is 3.60. The van der Waals surface area contributed by atoms with Crippen LogP contribution >= 0.6 is 11.6 Å². The van der Waals surface area contributed by atoms with Gasteiger partial charge in [-0.1, -0.05) is 23.7 Å². The van der Waals surface area contributed by atoms with E-state index in [1.165, 1.54) is 19.4 Å². The third kappa shape index (κ3) is 3.25. The van der Waals surface area contributed by atoms with Crippen LogP contribution in [0.25, 0.3) is 0 Å². The molecule has 1 atom stereocenters. The molecule has 100 valence electrons. The van der Waals surface area contributed by atoms with Gasteiger partial charge in [-0.2, -0.15) is 0 Å². The average molecular weight is 267 g/mol. The number of likely N-dealkylation sites (tertiary alicyclic amines) is 1. The third-order valence-corrected chi connectivity index (χ3v) is 4.29. The van der Waals surface area contributed by atoms with Crippen LogP contribution in [0.15, 0.2) is 24.3 Å². The van der Waals surface area contributed by atoms with Gasteiger partial charge in [-0.3, -0.25) is 4.90 Å². The van der Waals surface area contributed by atoms with Crippen molar-refractivity contribution in [2.75, 3.05) is 13.1 Å². The van der Waals surface area contributed by atoms with E-state index in [0.717, 1.165) is 23.6 Å². The topological polar surface area (TPSA) is 29.3 Å². The summed E-state index contributed by atoms with van der Waals surface area (Å²) >= 11 is 6.00. The molecule has 3 heteroatoms. The Morgan fingerprint density at radius 3 is 2.83 bits per heavy atom. The standard InChI is InChI=1S/C15H23ClN2/c1-15(2)8-4-9-18(15)10-7-14(17)12-5-3-6-13(16)11-12/h3,5-6,11,14H,4,7-10,17H2,1-2H3. The Bertz CT molecular complexity index is 403. The number of hydrogen-bond acceptors (Lipinski definition) is 2. The van der Waals surface area contributed by atoms with E-state index in [-0.39, 0.29) is 6.04 Å². The molecular formula is C15H23ClN2. The van der Waals surface area contributed by atoms with Crippen molar-refractivity contribution in [2.45, 2.75) is 44.7 Å². The van der Waals surface area contributed by atoms with Crippen LogP contribution in [0.1, 0.15) is 44.7 Å². The van der Waals surface area contributed by atoms with Crippen LogP contribution < -0.4 is 5.73 Å². The second-order valence-electron chi connectivity index (χ2n) is 5.85. The fourth-order valence-electron chi connectivity index (χ4n) is 2.78. The zero-order valence-corrected chi connectivity index (χ0v) is 12.1. The minimum absolute atomic E-state index is 0.0834. The van der Waals surface area contributed by atoms with Gasteiger partial charge in [-0.25, -0.2) is 0 Å². The molecule has 2 nitrogen and oxygen atoms in total. The quantitative estimate of drug-likeness (QED) is 0.902. The molecule has 1 unspecified atom stereocenters. The minimum atomic E-state index is 0.0834. The molecule has 2 N–H and O–H groups in total. The largest absolute Gasteiger partial charge is 0.324 e. The van der Waals surface area contributed by atoms with Crippen LogP contribution in [-0.4, -0.2) is 23.5 Å². The van der Waals surface area contributed by atoms with E-state index in [2.05, 4.69) is 24.8 Å². The lowest BCUT2D eigenvalue weighted by Gasteiger charge is -2.32. The van der Waals surface area contributed by atoms with E-state index >= 15 is 0 Å². The van der Waals surface area contributed by atoms with Gasteiger partial charge in [-0.15, -0.1) is 0 Å². The summed E-state index contributed by atoms with van der Waals surface area (Å²) in [4.78, 5) is 2.55. The van der Waals surface area contributed by atoms with E-state index in [0.29, 0.717) is 5.54 Å². The van der Waals surface area contributed by atoms with Gasteiger partial charge in [0.1, 0.15) is 0 Å². The van der Waals surface area contributed by atoms with Crippen molar-refractivity contribution in [1.29, 1.82) is 0 Å². The van der Waals surface area contributed by atoms with Crippen molar-refractivity contribution < 1.29 is 0 Å². The number of nitrogens with two attached hydrogens (primary N) is 1. The maximum Gasteiger partial charge on any atom is 0.0409 e. The van der Waals surface area contributed by atoms with Crippen LogP contribution in [-0.2, 0) is 0 Å². The molecule has 0 spiro atoms. The maximum absolute atomic E-state index is 6.25. The second kappa shape index (κ2) is 5.60. The zero-order chi connectivity index (χ0) is 13.2. The van der Waals surface area contributed by atoms with Crippen molar-refractivity contribution in [1.82, 2.24) is 4.90 Å². The Morgan fingerprint density at radius 1 is 1.44 bits per heavy atom. The fourth-order valence-corrected chi connectivity index (χ4v) is 2.98. The summed E-state index contributed by atoms with van der Waals surface area (Å²) in [5.74, 6) is 0.